The summed E-state index contributed by atoms with van der Waals surface area (Å²) >= 11 is 5.75. The Kier molecular flexibility index (Phi) is 3.90. The number of carboxylic acids is 1. The molecule has 0 spiro atoms. The van der Waals surface area contributed by atoms with Crippen LogP contribution in [0.1, 0.15) is 11.5 Å². The van der Waals surface area contributed by atoms with Crippen molar-refractivity contribution in [2.24, 2.45) is 5.92 Å². The summed E-state index contributed by atoms with van der Waals surface area (Å²) in [6.45, 7) is 0. The Morgan fingerprint density at radius 2 is 1.61 bits per heavy atom. The van der Waals surface area contributed by atoms with Crippen molar-refractivity contribution in [1.82, 2.24) is 0 Å². The highest BCUT2D eigenvalue weighted by molar-refractivity contribution is 7.92. The van der Waals surface area contributed by atoms with Crippen LogP contribution in [-0.4, -0.2) is 24.7 Å². The summed E-state index contributed by atoms with van der Waals surface area (Å²) in [4.78, 5) is 11.4. The summed E-state index contributed by atoms with van der Waals surface area (Å²) in [7, 11) is -3.82. The molecule has 0 saturated heterocycles. The quantitative estimate of drug-likeness (QED) is 0.915. The van der Waals surface area contributed by atoms with E-state index in [1.54, 1.807) is 0 Å². The Morgan fingerprint density at radius 1 is 1.04 bits per heavy atom. The van der Waals surface area contributed by atoms with E-state index in [0.29, 0.717) is 10.6 Å². The molecule has 0 unspecified atom stereocenters. The summed E-state index contributed by atoms with van der Waals surface area (Å²) < 4.78 is 38.4. The number of aliphatic carboxylic acids is 1. The van der Waals surface area contributed by atoms with Crippen LogP contribution in [0.15, 0.2) is 53.4 Å². The Labute approximate surface area is 137 Å². The van der Waals surface area contributed by atoms with E-state index in [2.05, 4.69) is 0 Å². The van der Waals surface area contributed by atoms with Crippen molar-refractivity contribution in [2.45, 2.75) is 16.1 Å². The van der Waals surface area contributed by atoms with E-state index in [1.165, 1.54) is 48.5 Å². The number of carbonyl (C=O) groups is 1. The highest BCUT2D eigenvalue weighted by Gasteiger charge is 2.63. The lowest BCUT2D eigenvalue weighted by Gasteiger charge is -2.04. The van der Waals surface area contributed by atoms with E-state index < -0.39 is 38.7 Å². The number of hydrogen-bond donors (Lipinski definition) is 1. The molecule has 0 heterocycles. The van der Waals surface area contributed by atoms with Crippen molar-refractivity contribution in [1.29, 1.82) is 0 Å². The maximum Gasteiger partial charge on any atom is 0.308 e. The summed E-state index contributed by atoms with van der Waals surface area (Å²) in [5, 5.41) is 8.63. The van der Waals surface area contributed by atoms with Gasteiger partial charge in [-0.2, -0.15) is 0 Å². The molecular formula is C16H12ClFO4S. The van der Waals surface area contributed by atoms with Gasteiger partial charge in [0.05, 0.1) is 16.1 Å². The van der Waals surface area contributed by atoms with Crippen molar-refractivity contribution in [3.05, 3.63) is 64.9 Å². The zero-order valence-electron chi connectivity index (χ0n) is 11.7. The molecule has 1 aliphatic rings. The minimum Gasteiger partial charge on any atom is -0.481 e. The van der Waals surface area contributed by atoms with Gasteiger partial charge in [0.25, 0.3) is 0 Å². The Bertz CT molecular complexity index is 847. The Balaban J connectivity index is 1.98. The molecule has 0 radical (unpaired) electrons. The molecule has 0 aliphatic heterocycles. The fraction of sp³-hybridized carbons (Fsp3) is 0.188. The van der Waals surface area contributed by atoms with Gasteiger partial charge in [0, 0.05) is 10.9 Å². The molecule has 4 nitrogen and oxygen atoms in total. The third kappa shape index (κ3) is 2.84. The molecule has 23 heavy (non-hydrogen) atoms. The van der Waals surface area contributed by atoms with Gasteiger partial charge in [0.15, 0.2) is 9.84 Å². The van der Waals surface area contributed by atoms with Gasteiger partial charge in [0.2, 0.25) is 0 Å². The van der Waals surface area contributed by atoms with Crippen molar-refractivity contribution >= 4 is 27.4 Å². The van der Waals surface area contributed by atoms with Crippen LogP contribution in [0.2, 0.25) is 5.02 Å². The minimum atomic E-state index is -3.82. The fourth-order valence-corrected chi connectivity index (χ4v) is 5.08. The summed E-state index contributed by atoms with van der Waals surface area (Å²) in [6.07, 6.45) is 0. The zero-order chi connectivity index (χ0) is 16.8. The Hall–Kier alpha value is -1.92. The highest BCUT2D eigenvalue weighted by atomic mass is 35.5. The van der Waals surface area contributed by atoms with E-state index in [0.717, 1.165) is 0 Å². The van der Waals surface area contributed by atoms with Gasteiger partial charge >= 0.3 is 5.97 Å². The van der Waals surface area contributed by atoms with Crippen LogP contribution < -0.4 is 0 Å². The predicted molar refractivity (Wildman–Crippen MR) is 82.7 cm³/mol. The summed E-state index contributed by atoms with van der Waals surface area (Å²) in [6, 6.07) is 10.8. The third-order valence-corrected chi connectivity index (χ3v) is 6.48. The molecule has 2 aromatic rings. The van der Waals surface area contributed by atoms with Crippen LogP contribution in [0.25, 0.3) is 0 Å². The molecule has 1 fully saturated rings. The molecular weight excluding hydrogens is 343 g/mol. The van der Waals surface area contributed by atoms with Crippen molar-refractivity contribution in [2.75, 3.05) is 0 Å². The van der Waals surface area contributed by atoms with Crippen molar-refractivity contribution < 1.29 is 22.7 Å². The standard InChI is InChI=1S/C16H12ClFO4S/c17-10-3-7-12(8-4-10)23(21,22)15-13(14(15)16(19)20)9-1-5-11(18)6-2-9/h1-8,13-15H,(H,19,20)/t13-,14+,15-/m0/s1. The van der Waals surface area contributed by atoms with E-state index in [9.17, 15) is 22.7 Å². The average molecular weight is 355 g/mol. The molecule has 1 aliphatic carbocycles. The molecule has 2 aromatic carbocycles. The van der Waals surface area contributed by atoms with E-state index in [1.807, 2.05) is 0 Å². The van der Waals surface area contributed by atoms with Crippen LogP contribution in [-0.2, 0) is 14.6 Å². The van der Waals surface area contributed by atoms with Crippen LogP contribution in [0.3, 0.4) is 0 Å². The number of halogens is 2. The van der Waals surface area contributed by atoms with Crippen LogP contribution in [0.4, 0.5) is 4.39 Å². The van der Waals surface area contributed by atoms with Gasteiger partial charge < -0.3 is 5.11 Å². The van der Waals surface area contributed by atoms with Crippen LogP contribution in [0.5, 0.6) is 0 Å². The first kappa shape index (κ1) is 16.0. The molecule has 0 aromatic heterocycles. The van der Waals surface area contributed by atoms with E-state index in [-0.39, 0.29) is 4.90 Å². The van der Waals surface area contributed by atoms with Crippen molar-refractivity contribution in [3.63, 3.8) is 0 Å². The predicted octanol–water partition coefficient (Wildman–Crippen LogP) is 3.12. The number of benzene rings is 2. The first-order chi connectivity index (χ1) is 10.8. The lowest BCUT2D eigenvalue weighted by atomic mass is 10.1. The Morgan fingerprint density at radius 3 is 2.13 bits per heavy atom. The van der Waals surface area contributed by atoms with Gasteiger partial charge in [-0.25, -0.2) is 12.8 Å². The zero-order valence-corrected chi connectivity index (χ0v) is 13.3. The summed E-state index contributed by atoms with van der Waals surface area (Å²) in [5.41, 5.74) is 0.501. The second-order valence-corrected chi connectivity index (χ2v) is 7.95. The monoisotopic (exact) mass is 354 g/mol. The number of hydrogen-bond acceptors (Lipinski definition) is 3. The van der Waals surface area contributed by atoms with E-state index in [4.69, 9.17) is 11.6 Å². The van der Waals surface area contributed by atoms with Gasteiger partial charge in [-0.15, -0.1) is 0 Å². The topological polar surface area (TPSA) is 71.4 Å². The number of carboxylic acid groups (broad SMARTS) is 1. The van der Waals surface area contributed by atoms with Gasteiger partial charge in [-0.05, 0) is 42.0 Å². The molecule has 0 bridgehead atoms. The lowest BCUT2D eigenvalue weighted by Crippen LogP contribution is -2.13. The molecule has 0 amide bonds. The minimum absolute atomic E-state index is 0.0303. The normalized spacial score (nSPS) is 23.5. The van der Waals surface area contributed by atoms with Gasteiger partial charge in [-0.3, -0.25) is 4.79 Å². The molecule has 1 saturated carbocycles. The molecule has 7 heteroatoms. The average Bonchev–Trinajstić information content (AvgIpc) is 3.25. The molecule has 120 valence electrons. The largest absolute Gasteiger partial charge is 0.481 e. The number of sulfone groups is 1. The third-order valence-electron chi connectivity index (χ3n) is 3.99. The smallest absolute Gasteiger partial charge is 0.308 e. The maximum atomic E-state index is 13.0. The van der Waals surface area contributed by atoms with Crippen LogP contribution in [0, 0.1) is 11.7 Å². The molecule has 3 rings (SSSR count). The van der Waals surface area contributed by atoms with Crippen molar-refractivity contribution in [3.8, 4) is 0 Å². The van der Waals surface area contributed by atoms with Gasteiger partial charge in [-0.1, -0.05) is 23.7 Å². The highest BCUT2D eigenvalue weighted by Crippen LogP contribution is 2.54. The second-order valence-electron chi connectivity index (χ2n) is 5.40. The fourth-order valence-electron chi connectivity index (χ4n) is 2.83. The second kappa shape index (κ2) is 5.62. The maximum absolute atomic E-state index is 13.0. The SMILES string of the molecule is O=C(O)[C@@H]1[C@H](c2ccc(F)cc2)[C@@H]1S(=O)(=O)c1ccc(Cl)cc1. The van der Waals surface area contributed by atoms with Crippen LogP contribution >= 0.6 is 11.6 Å². The van der Waals surface area contributed by atoms with Gasteiger partial charge in [0.1, 0.15) is 5.82 Å². The molecule has 1 N–H and O–H groups in total. The lowest BCUT2D eigenvalue weighted by molar-refractivity contribution is -0.138. The first-order valence-corrected chi connectivity index (χ1v) is 8.72. The summed E-state index contributed by atoms with van der Waals surface area (Å²) in [5.74, 6) is -3.37. The molecule has 3 atom stereocenters. The first-order valence-electron chi connectivity index (χ1n) is 6.80. The van der Waals surface area contributed by atoms with E-state index >= 15 is 0 Å². The number of rotatable bonds is 4.